The molecule has 0 saturated carbocycles. The van der Waals surface area contributed by atoms with Crippen LogP contribution in [0, 0.1) is 0 Å². The van der Waals surface area contributed by atoms with Crippen LogP contribution in [0.3, 0.4) is 0 Å². The van der Waals surface area contributed by atoms with Gasteiger partial charge in [0.1, 0.15) is 6.04 Å². The number of carboxylic acids is 1. The highest BCUT2D eigenvalue weighted by Gasteiger charge is 2.39. The van der Waals surface area contributed by atoms with Gasteiger partial charge in [-0.3, -0.25) is 10.1 Å². The summed E-state index contributed by atoms with van der Waals surface area (Å²) in [7, 11) is 0. The number of carbonyl (C=O) groups is 1. The molecule has 84 valence electrons. The fourth-order valence-corrected chi connectivity index (χ4v) is 3.93. The van der Waals surface area contributed by atoms with Gasteiger partial charge in [-0.25, -0.2) is 0 Å². The third-order valence-electron chi connectivity index (χ3n) is 3.34. The average Bonchev–Trinajstić information content (AvgIpc) is 2.66. The number of thioether (sulfide) groups is 1. The summed E-state index contributed by atoms with van der Waals surface area (Å²) in [5.41, 5.74) is 2.65. The highest BCUT2D eigenvalue weighted by Crippen LogP contribution is 2.41. The molecular weight excluding hydrogens is 222 g/mol. The predicted octanol–water partition coefficient (Wildman–Crippen LogP) is 1.44. The zero-order chi connectivity index (χ0) is 11.1. The van der Waals surface area contributed by atoms with E-state index < -0.39 is 12.0 Å². The van der Waals surface area contributed by atoms with Crippen LogP contribution < -0.4 is 5.32 Å². The first kappa shape index (κ1) is 10.2. The lowest BCUT2D eigenvalue weighted by Crippen LogP contribution is -2.47. The van der Waals surface area contributed by atoms with Crippen molar-refractivity contribution in [3.8, 4) is 0 Å². The van der Waals surface area contributed by atoms with E-state index in [0.29, 0.717) is 11.0 Å². The molecule has 0 aromatic heterocycles. The molecule has 2 N–H and O–H groups in total. The molecule has 1 aliphatic carbocycles. The third-order valence-corrected chi connectivity index (χ3v) is 4.73. The van der Waals surface area contributed by atoms with Crippen molar-refractivity contribution in [2.75, 3.05) is 5.75 Å². The summed E-state index contributed by atoms with van der Waals surface area (Å²) < 4.78 is 0. The molecule has 1 saturated heterocycles. The van der Waals surface area contributed by atoms with Gasteiger partial charge in [-0.1, -0.05) is 24.3 Å². The first-order chi connectivity index (χ1) is 7.75. The number of aliphatic carboxylic acids is 1. The normalized spacial score (nSPS) is 31.9. The second kappa shape index (κ2) is 3.79. The van der Waals surface area contributed by atoms with Crippen LogP contribution in [0.15, 0.2) is 24.3 Å². The Bertz CT molecular complexity index is 435. The van der Waals surface area contributed by atoms with Gasteiger partial charge >= 0.3 is 5.97 Å². The van der Waals surface area contributed by atoms with Crippen molar-refractivity contribution in [3.05, 3.63) is 35.4 Å². The van der Waals surface area contributed by atoms with E-state index in [1.54, 1.807) is 11.8 Å². The largest absolute Gasteiger partial charge is 0.480 e. The smallest absolute Gasteiger partial charge is 0.321 e. The number of hydrogen-bond donors (Lipinski definition) is 2. The van der Waals surface area contributed by atoms with Gasteiger partial charge in [0.25, 0.3) is 0 Å². The van der Waals surface area contributed by atoms with Crippen LogP contribution in [0.4, 0.5) is 0 Å². The molecule has 0 amide bonds. The zero-order valence-corrected chi connectivity index (χ0v) is 9.54. The van der Waals surface area contributed by atoms with Crippen LogP contribution in [0.2, 0.25) is 0 Å². The van der Waals surface area contributed by atoms with Crippen molar-refractivity contribution < 1.29 is 9.90 Å². The van der Waals surface area contributed by atoms with E-state index in [-0.39, 0.29) is 6.04 Å². The molecule has 1 heterocycles. The highest BCUT2D eigenvalue weighted by atomic mass is 32.2. The summed E-state index contributed by atoms with van der Waals surface area (Å²) in [5.74, 6) is -0.0693. The first-order valence-corrected chi connectivity index (χ1v) is 6.49. The summed E-state index contributed by atoms with van der Waals surface area (Å²) in [6, 6.07) is 8.14. The Kier molecular flexibility index (Phi) is 2.41. The Hall–Kier alpha value is -1.00. The predicted molar refractivity (Wildman–Crippen MR) is 63.7 cm³/mol. The van der Waals surface area contributed by atoms with Crippen molar-refractivity contribution in [1.29, 1.82) is 0 Å². The maximum atomic E-state index is 11.0. The maximum Gasteiger partial charge on any atom is 0.321 e. The molecule has 1 aromatic carbocycles. The SMILES string of the molecule is O=C(O)C1CSC2Cc3ccccc3C2N1. The second-order valence-electron chi connectivity index (χ2n) is 4.31. The molecule has 1 fully saturated rings. The molecule has 0 bridgehead atoms. The molecular formula is C12H13NO2S. The molecule has 0 spiro atoms. The summed E-state index contributed by atoms with van der Waals surface area (Å²) in [6.45, 7) is 0. The van der Waals surface area contributed by atoms with E-state index in [2.05, 4.69) is 23.5 Å². The number of nitrogens with one attached hydrogen (secondary N) is 1. The van der Waals surface area contributed by atoms with Crippen LogP contribution in [-0.4, -0.2) is 28.1 Å². The third kappa shape index (κ3) is 1.53. The number of rotatable bonds is 1. The summed E-state index contributed by atoms with van der Waals surface area (Å²) in [5, 5.41) is 12.8. The van der Waals surface area contributed by atoms with Crippen molar-refractivity contribution in [2.24, 2.45) is 0 Å². The monoisotopic (exact) mass is 235 g/mol. The number of hydrogen-bond acceptors (Lipinski definition) is 3. The molecule has 3 unspecified atom stereocenters. The molecule has 3 nitrogen and oxygen atoms in total. The Morgan fingerprint density at radius 3 is 3.06 bits per heavy atom. The van der Waals surface area contributed by atoms with Gasteiger partial charge in [0.2, 0.25) is 0 Å². The Morgan fingerprint density at radius 1 is 1.44 bits per heavy atom. The minimum absolute atomic E-state index is 0.219. The molecule has 3 rings (SSSR count). The van der Waals surface area contributed by atoms with Crippen molar-refractivity contribution in [1.82, 2.24) is 5.32 Å². The van der Waals surface area contributed by atoms with Crippen LogP contribution >= 0.6 is 11.8 Å². The molecule has 4 heteroatoms. The minimum Gasteiger partial charge on any atom is -0.480 e. The first-order valence-electron chi connectivity index (χ1n) is 5.44. The number of carboxylic acid groups (broad SMARTS) is 1. The van der Waals surface area contributed by atoms with Gasteiger partial charge in [-0.15, -0.1) is 0 Å². The standard InChI is InChI=1S/C12H13NO2S/c14-12(15)9-6-16-10-5-7-3-1-2-4-8(7)11(10)13-9/h1-4,9-11,13H,5-6H2,(H,14,15). The highest BCUT2D eigenvalue weighted by molar-refractivity contribution is 8.00. The molecule has 16 heavy (non-hydrogen) atoms. The topological polar surface area (TPSA) is 49.3 Å². The lowest BCUT2D eigenvalue weighted by molar-refractivity contribution is -0.139. The van der Waals surface area contributed by atoms with Crippen molar-refractivity contribution in [2.45, 2.75) is 23.8 Å². The fourth-order valence-electron chi connectivity index (χ4n) is 2.54. The van der Waals surface area contributed by atoms with Gasteiger partial charge in [-0.2, -0.15) is 11.8 Å². The van der Waals surface area contributed by atoms with E-state index in [0.717, 1.165) is 6.42 Å². The zero-order valence-electron chi connectivity index (χ0n) is 8.72. The van der Waals surface area contributed by atoms with E-state index in [1.165, 1.54) is 11.1 Å². The molecule has 2 aliphatic rings. The van der Waals surface area contributed by atoms with Crippen LogP contribution in [0.1, 0.15) is 17.2 Å². The molecule has 0 radical (unpaired) electrons. The van der Waals surface area contributed by atoms with Gasteiger partial charge in [0.05, 0.1) is 0 Å². The fraction of sp³-hybridized carbons (Fsp3) is 0.417. The number of benzene rings is 1. The lowest BCUT2D eigenvalue weighted by atomic mass is 10.1. The average molecular weight is 235 g/mol. The molecule has 1 aromatic rings. The summed E-state index contributed by atoms with van der Waals surface area (Å²) >= 11 is 1.78. The molecule has 1 aliphatic heterocycles. The van der Waals surface area contributed by atoms with Gasteiger partial charge < -0.3 is 5.11 Å². The number of fused-ring (bicyclic) bond motifs is 3. The van der Waals surface area contributed by atoms with Crippen molar-refractivity contribution >= 4 is 17.7 Å². The van der Waals surface area contributed by atoms with Crippen LogP contribution in [-0.2, 0) is 11.2 Å². The minimum atomic E-state index is -0.740. The van der Waals surface area contributed by atoms with E-state index >= 15 is 0 Å². The summed E-state index contributed by atoms with van der Waals surface area (Å²) in [4.78, 5) is 11.0. The van der Waals surface area contributed by atoms with Crippen molar-refractivity contribution in [3.63, 3.8) is 0 Å². The summed E-state index contributed by atoms with van der Waals surface area (Å²) in [6.07, 6.45) is 1.06. The van der Waals surface area contributed by atoms with Gasteiger partial charge in [-0.05, 0) is 17.5 Å². The van der Waals surface area contributed by atoms with Crippen LogP contribution in [0.5, 0.6) is 0 Å². The Morgan fingerprint density at radius 2 is 2.25 bits per heavy atom. The van der Waals surface area contributed by atoms with Gasteiger partial charge in [0, 0.05) is 17.0 Å². The molecule has 3 atom stereocenters. The van der Waals surface area contributed by atoms with Gasteiger partial charge in [0.15, 0.2) is 0 Å². The van der Waals surface area contributed by atoms with E-state index in [4.69, 9.17) is 5.11 Å². The second-order valence-corrected chi connectivity index (χ2v) is 5.58. The Labute approximate surface area is 98.2 Å². The quantitative estimate of drug-likeness (QED) is 0.773. The van der Waals surface area contributed by atoms with E-state index in [1.807, 2.05) is 6.07 Å². The van der Waals surface area contributed by atoms with Crippen LogP contribution in [0.25, 0.3) is 0 Å². The van der Waals surface area contributed by atoms with E-state index in [9.17, 15) is 4.79 Å². The lowest BCUT2D eigenvalue weighted by Gasteiger charge is -2.31. The maximum absolute atomic E-state index is 11.0. The Balaban J connectivity index is 1.89.